The third-order valence-corrected chi connectivity index (χ3v) is 3.61. The largest absolute Gasteiger partial charge is 0.306 e. The molecule has 0 fully saturated rings. The van der Waals surface area contributed by atoms with Crippen molar-refractivity contribution >= 4 is 15.9 Å². The maximum atomic E-state index is 14.2. The first-order chi connectivity index (χ1) is 10.0. The lowest BCUT2D eigenvalue weighted by Gasteiger charge is -2.21. The molecule has 0 aliphatic rings. The molecule has 0 aliphatic carbocycles. The lowest BCUT2D eigenvalue weighted by molar-refractivity contribution is 0.487. The normalized spacial score (nSPS) is 12.4. The minimum atomic E-state index is -0.862. The van der Waals surface area contributed by atoms with Crippen molar-refractivity contribution in [1.29, 1.82) is 0 Å². The highest BCUT2D eigenvalue weighted by molar-refractivity contribution is 9.10. The number of nitrogens with one attached hydrogen (secondary N) is 1. The monoisotopic (exact) mass is 357 g/mol. The molecule has 1 atom stereocenters. The molecule has 5 heteroatoms. The van der Waals surface area contributed by atoms with Crippen LogP contribution in [0.1, 0.15) is 30.5 Å². The summed E-state index contributed by atoms with van der Waals surface area (Å²) in [5, 5.41) is 3.01. The van der Waals surface area contributed by atoms with Gasteiger partial charge < -0.3 is 5.32 Å². The van der Waals surface area contributed by atoms with E-state index in [9.17, 15) is 13.2 Å². The Morgan fingerprint density at radius 2 is 1.67 bits per heavy atom. The van der Waals surface area contributed by atoms with Crippen molar-refractivity contribution in [2.24, 2.45) is 0 Å². The van der Waals surface area contributed by atoms with Crippen molar-refractivity contribution < 1.29 is 13.2 Å². The predicted molar refractivity (Wildman–Crippen MR) is 80.6 cm³/mol. The van der Waals surface area contributed by atoms with Gasteiger partial charge in [0.15, 0.2) is 0 Å². The first kappa shape index (κ1) is 16.0. The zero-order valence-electron chi connectivity index (χ0n) is 11.5. The quantitative estimate of drug-likeness (QED) is 0.797. The summed E-state index contributed by atoms with van der Waals surface area (Å²) in [6, 6.07) is 7.50. The Morgan fingerprint density at radius 3 is 2.24 bits per heavy atom. The van der Waals surface area contributed by atoms with E-state index in [1.165, 1.54) is 24.3 Å². The Hall–Kier alpha value is -1.33. The van der Waals surface area contributed by atoms with E-state index < -0.39 is 23.5 Å². The SMILES string of the molecule is CCCNC(c1ccccc1F)c1c(F)cc(Br)cc1F. The predicted octanol–water partition coefficient (Wildman–Crippen LogP) is 4.96. The molecule has 0 aromatic heterocycles. The molecule has 2 rings (SSSR count). The third-order valence-electron chi connectivity index (χ3n) is 3.15. The van der Waals surface area contributed by atoms with Gasteiger partial charge in [-0.25, -0.2) is 13.2 Å². The molecule has 0 amide bonds. The van der Waals surface area contributed by atoms with Gasteiger partial charge in [-0.2, -0.15) is 0 Å². The Kier molecular flexibility index (Phi) is 5.42. The van der Waals surface area contributed by atoms with Crippen molar-refractivity contribution in [3.05, 3.63) is 69.4 Å². The van der Waals surface area contributed by atoms with Crippen LogP contribution in [-0.2, 0) is 0 Å². The van der Waals surface area contributed by atoms with Gasteiger partial charge in [0, 0.05) is 15.6 Å². The summed E-state index contributed by atoms with van der Waals surface area (Å²) in [5.74, 6) is -1.91. The Morgan fingerprint density at radius 1 is 1.05 bits per heavy atom. The summed E-state index contributed by atoms with van der Waals surface area (Å²) in [6.45, 7) is 2.45. The molecule has 0 spiro atoms. The number of halogens is 4. The average molecular weight is 358 g/mol. The van der Waals surface area contributed by atoms with Crippen LogP contribution in [0.15, 0.2) is 40.9 Å². The van der Waals surface area contributed by atoms with Crippen molar-refractivity contribution in [1.82, 2.24) is 5.32 Å². The van der Waals surface area contributed by atoms with E-state index in [1.807, 2.05) is 6.92 Å². The second-order valence-electron chi connectivity index (χ2n) is 4.69. The molecule has 0 saturated carbocycles. The van der Waals surface area contributed by atoms with Crippen LogP contribution in [0.4, 0.5) is 13.2 Å². The van der Waals surface area contributed by atoms with E-state index in [-0.39, 0.29) is 11.1 Å². The van der Waals surface area contributed by atoms with E-state index in [0.29, 0.717) is 11.0 Å². The highest BCUT2D eigenvalue weighted by Crippen LogP contribution is 2.30. The lowest BCUT2D eigenvalue weighted by atomic mass is 9.97. The van der Waals surface area contributed by atoms with E-state index in [1.54, 1.807) is 12.1 Å². The maximum Gasteiger partial charge on any atom is 0.132 e. The van der Waals surface area contributed by atoms with Crippen LogP contribution in [0.3, 0.4) is 0 Å². The molecule has 1 nitrogen and oxygen atoms in total. The van der Waals surface area contributed by atoms with E-state index in [4.69, 9.17) is 0 Å². The molecule has 2 aromatic rings. The molecule has 1 unspecified atom stereocenters. The van der Waals surface area contributed by atoms with Gasteiger partial charge in [-0.05, 0) is 31.2 Å². The third kappa shape index (κ3) is 3.66. The molecule has 0 radical (unpaired) electrons. The van der Waals surface area contributed by atoms with Crippen LogP contribution in [0, 0.1) is 17.5 Å². The van der Waals surface area contributed by atoms with Crippen LogP contribution in [0.5, 0.6) is 0 Å². The molecule has 21 heavy (non-hydrogen) atoms. The highest BCUT2D eigenvalue weighted by Gasteiger charge is 2.24. The molecule has 0 saturated heterocycles. The van der Waals surface area contributed by atoms with Crippen LogP contribution in [0.2, 0.25) is 0 Å². The highest BCUT2D eigenvalue weighted by atomic mass is 79.9. The summed E-state index contributed by atoms with van der Waals surface area (Å²) in [6.07, 6.45) is 0.769. The summed E-state index contributed by atoms with van der Waals surface area (Å²) >= 11 is 3.05. The van der Waals surface area contributed by atoms with Gasteiger partial charge in [0.25, 0.3) is 0 Å². The van der Waals surface area contributed by atoms with E-state index in [2.05, 4.69) is 21.2 Å². The number of hydrogen-bond donors (Lipinski definition) is 1. The lowest BCUT2D eigenvalue weighted by Crippen LogP contribution is -2.26. The number of rotatable bonds is 5. The van der Waals surface area contributed by atoms with Crippen molar-refractivity contribution in [2.45, 2.75) is 19.4 Å². The van der Waals surface area contributed by atoms with Gasteiger partial charge in [-0.3, -0.25) is 0 Å². The van der Waals surface area contributed by atoms with Crippen molar-refractivity contribution in [3.8, 4) is 0 Å². The van der Waals surface area contributed by atoms with Crippen molar-refractivity contribution in [2.75, 3.05) is 6.54 Å². The summed E-state index contributed by atoms with van der Waals surface area (Å²) in [4.78, 5) is 0. The second-order valence-corrected chi connectivity index (χ2v) is 5.61. The van der Waals surface area contributed by atoms with Crippen LogP contribution < -0.4 is 5.32 Å². The molecule has 2 aromatic carbocycles. The fourth-order valence-electron chi connectivity index (χ4n) is 2.19. The summed E-state index contributed by atoms with van der Waals surface area (Å²) in [5.41, 5.74) is 0.0582. The summed E-state index contributed by atoms with van der Waals surface area (Å²) in [7, 11) is 0. The van der Waals surface area contributed by atoms with Gasteiger partial charge in [0.1, 0.15) is 17.5 Å². The standard InChI is InChI=1S/C16H15BrF3N/c1-2-7-21-16(11-5-3-4-6-12(11)18)15-13(19)8-10(17)9-14(15)20/h3-6,8-9,16,21H,2,7H2,1H3. The molecule has 0 heterocycles. The fourth-order valence-corrected chi connectivity index (χ4v) is 2.60. The van der Waals surface area contributed by atoms with Gasteiger partial charge in [0.05, 0.1) is 6.04 Å². The van der Waals surface area contributed by atoms with Crippen molar-refractivity contribution in [3.63, 3.8) is 0 Å². The first-order valence-corrected chi connectivity index (χ1v) is 7.46. The summed E-state index contributed by atoms with van der Waals surface area (Å²) < 4.78 is 42.7. The maximum absolute atomic E-state index is 14.2. The first-order valence-electron chi connectivity index (χ1n) is 6.66. The second kappa shape index (κ2) is 7.09. The average Bonchev–Trinajstić information content (AvgIpc) is 2.42. The molecule has 0 bridgehead atoms. The minimum absolute atomic E-state index is 0.170. The molecule has 0 aliphatic heterocycles. The van der Waals surface area contributed by atoms with Crippen LogP contribution in [0.25, 0.3) is 0 Å². The number of hydrogen-bond acceptors (Lipinski definition) is 1. The molecular weight excluding hydrogens is 343 g/mol. The topological polar surface area (TPSA) is 12.0 Å². The molecular formula is C16H15BrF3N. The zero-order valence-corrected chi connectivity index (χ0v) is 13.1. The van der Waals surface area contributed by atoms with Gasteiger partial charge >= 0.3 is 0 Å². The fraction of sp³-hybridized carbons (Fsp3) is 0.250. The Labute approximate surface area is 130 Å². The van der Waals surface area contributed by atoms with E-state index >= 15 is 0 Å². The molecule has 1 N–H and O–H groups in total. The Balaban J connectivity index is 2.54. The van der Waals surface area contributed by atoms with Gasteiger partial charge in [0.2, 0.25) is 0 Å². The Bertz CT molecular complexity index is 608. The van der Waals surface area contributed by atoms with E-state index in [0.717, 1.165) is 6.42 Å². The minimum Gasteiger partial charge on any atom is -0.306 e. The van der Waals surface area contributed by atoms with Gasteiger partial charge in [-0.15, -0.1) is 0 Å². The smallest absolute Gasteiger partial charge is 0.132 e. The zero-order chi connectivity index (χ0) is 15.4. The van der Waals surface area contributed by atoms with Gasteiger partial charge in [-0.1, -0.05) is 41.1 Å². The molecule has 112 valence electrons. The number of benzene rings is 2. The van der Waals surface area contributed by atoms with Crippen LogP contribution >= 0.6 is 15.9 Å². The van der Waals surface area contributed by atoms with Crippen LogP contribution in [-0.4, -0.2) is 6.54 Å².